The smallest absolute Gasteiger partial charge is 0.414 e. The Kier molecular flexibility index (Phi) is 4.32. The van der Waals surface area contributed by atoms with Crippen molar-refractivity contribution in [3.05, 3.63) is 29.3 Å². The second-order valence-corrected chi connectivity index (χ2v) is 6.46. The maximum absolute atomic E-state index is 13.6. The number of carboxylic acid groups (broad SMARTS) is 1. The van der Waals surface area contributed by atoms with Gasteiger partial charge in [-0.1, -0.05) is 6.07 Å². The van der Waals surface area contributed by atoms with Gasteiger partial charge in [-0.15, -0.1) is 0 Å². The number of hydrogen-bond acceptors (Lipinski definition) is 3. The van der Waals surface area contributed by atoms with Crippen LogP contribution in [0.4, 0.5) is 19.3 Å². The lowest BCUT2D eigenvalue weighted by Crippen LogP contribution is -2.40. The van der Waals surface area contributed by atoms with Crippen molar-refractivity contribution in [3.63, 3.8) is 0 Å². The van der Waals surface area contributed by atoms with E-state index in [1.165, 1.54) is 11.0 Å². The summed E-state index contributed by atoms with van der Waals surface area (Å²) in [6.07, 6.45) is 0.545. The Hall–Kier alpha value is -2.18. The first-order valence-corrected chi connectivity index (χ1v) is 7.27. The van der Waals surface area contributed by atoms with E-state index in [4.69, 9.17) is 9.84 Å². The van der Waals surface area contributed by atoms with Crippen LogP contribution in [0.1, 0.15) is 38.3 Å². The summed E-state index contributed by atoms with van der Waals surface area (Å²) in [4.78, 5) is 24.3. The fraction of sp³-hybridized carbons (Fsp3) is 0.500. The molecule has 1 N–H and O–H groups in total. The highest BCUT2D eigenvalue weighted by atomic mass is 19.3. The van der Waals surface area contributed by atoms with Gasteiger partial charge in [-0.2, -0.15) is 8.78 Å². The highest BCUT2D eigenvalue weighted by Crippen LogP contribution is 2.35. The summed E-state index contributed by atoms with van der Waals surface area (Å²) >= 11 is 0. The Morgan fingerprint density at radius 1 is 1.26 bits per heavy atom. The molecule has 2 rings (SSSR count). The molecule has 0 aromatic heterocycles. The molecule has 1 aromatic carbocycles. The van der Waals surface area contributed by atoms with Crippen LogP contribution in [0.2, 0.25) is 0 Å². The van der Waals surface area contributed by atoms with Crippen molar-refractivity contribution in [2.45, 2.75) is 45.1 Å². The standard InChI is InChI=1S/C16H19F2NO4/c1-15(2,3)23-14(22)19-8-4-5-10-9-11(6-7-12(10)19)16(17,18)13(20)21/h6-7,9H,4-5,8H2,1-3H3,(H,20,21). The number of carbonyl (C=O) groups is 2. The maximum Gasteiger partial charge on any atom is 0.414 e. The molecule has 0 bridgehead atoms. The van der Waals surface area contributed by atoms with E-state index < -0.39 is 29.1 Å². The third kappa shape index (κ3) is 3.60. The van der Waals surface area contributed by atoms with Gasteiger partial charge in [0.1, 0.15) is 5.60 Å². The molecule has 0 spiro atoms. The molecule has 0 unspecified atom stereocenters. The molecule has 5 nitrogen and oxygen atoms in total. The van der Waals surface area contributed by atoms with Crippen LogP contribution >= 0.6 is 0 Å². The van der Waals surface area contributed by atoms with Gasteiger partial charge in [0.2, 0.25) is 0 Å². The van der Waals surface area contributed by atoms with E-state index in [1.807, 2.05) is 0 Å². The van der Waals surface area contributed by atoms with Gasteiger partial charge in [0.15, 0.2) is 0 Å². The third-order valence-electron chi connectivity index (χ3n) is 3.44. The zero-order chi connectivity index (χ0) is 17.4. The zero-order valence-electron chi connectivity index (χ0n) is 13.2. The number of amides is 1. The number of halogens is 2. The lowest BCUT2D eigenvalue weighted by molar-refractivity contribution is -0.166. The Bertz CT molecular complexity index is 637. The van der Waals surface area contributed by atoms with Gasteiger partial charge < -0.3 is 9.84 Å². The number of anilines is 1. The molecule has 0 atom stereocenters. The second-order valence-electron chi connectivity index (χ2n) is 6.46. The van der Waals surface area contributed by atoms with Crippen LogP contribution in [0.25, 0.3) is 0 Å². The molecule has 126 valence electrons. The molecule has 1 aliphatic rings. The molecule has 0 radical (unpaired) electrons. The number of carbonyl (C=O) groups excluding carboxylic acids is 1. The lowest BCUT2D eigenvalue weighted by Gasteiger charge is -2.32. The van der Waals surface area contributed by atoms with Crippen LogP contribution in [0.5, 0.6) is 0 Å². The van der Waals surface area contributed by atoms with Crippen LogP contribution in [0, 0.1) is 0 Å². The number of ether oxygens (including phenoxy) is 1. The van der Waals surface area contributed by atoms with Gasteiger partial charge in [-0.3, -0.25) is 4.90 Å². The molecule has 23 heavy (non-hydrogen) atoms. The number of aliphatic carboxylic acids is 1. The molecule has 1 amide bonds. The molecule has 0 fully saturated rings. The Morgan fingerprint density at radius 2 is 1.91 bits per heavy atom. The average Bonchev–Trinajstić information content (AvgIpc) is 2.43. The minimum atomic E-state index is -3.96. The predicted molar refractivity (Wildman–Crippen MR) is 79.9 cm³/mol. The van der Waals surface area contributed by atoms with E-state index in [0.29, 0.717) is 30.6 Å². The predicted octanol–water partition coefficient (Wildman–Crippen LogP) is 3.55. The minimum Gasteiger partial charge on any atom is -0.477 e. The molecular weight excluding hydrogens is 308 g/mol. The summed E-state index contributed by atoms with van der Waals surface area (Å²) < 4.78 is 32.6. The van der Waals surface area contributed by atoms with Gasteiger partial charge in [0.25, 0.3) is 0 Å². The van der Waals surface area contributed by atoms with Crippen LogP contribution in [-0.4, -0.2) is 29.3 Å². The molecule has 0 saturated carbocycles. The zero-order valence-corrected chi connectivity index (χ0v) is 13.2. The van der Waals surface area contributed by atoms with Gasteiger partial charge in [0, 0.05) is 12.1 Å². The van der Waals surface area contributed by atoms with Crippen molar-refractivity contribution in [3.8, 4) is 0 Å². The topological polar surface area (TPSA) is 66.8 Å². The van der Waals surface area contributed by atoms with Crippen molar-refractivity contribution in [2.75, 3.05) is 11.4 Å². The van der Waals surface area contributed by atoms with E-state index in [0.717, 1.165) is 12.1 Å². The van der Waals surface area contributed by atoms with E-state index in [1.54, 1.807) is 20.8 Å². The Labute approximate surface area is 132 Å². The largest absolute Gasteiger partial charge is 0.477 e. The number of benzene rings is 1. The van der Waals surface area contributed by atoms with Gasteiger partial charge in [-0.25, -0.2) is 9.59 Å². The van der Waals surface area contributed by atoms with Crippen molar-refractivity contribution in [1.29, 1.82) is 0 Å². The fourth-order valence-electron chi connectivity index (χ4n) is 2.42. The highest BCUT2D eigenvalue weighted by molar-refractivity contribution is 5.89. The average molecular weight is 327 g/mol. The summed E-state index contributed by atoms with van der Waals surface area (Å²) in [7, 11) is 0. The van der Waals surface area contributed by atoms with Crippen LogP contribution in [0.3, 0.4) is 0 Å². The molecule has 1 aromatic rings. The van der Waals surface area contributed by atoms with Gasteiger partial charge in [-0.05, 0) is 51.3 Å². The molecule has 0 aliphatic carbocycles. The summed E-state index contributed by atoms with van der Waals surface area (Å²) in [6.45, 7) is 5.65. The summed E-state index contributed by atoms with van der Waals surface area (Å²) in [5.41, 5.74) is -0.254. The second kappa shape index (κ2) is 5.79. The van der Waals surface area contributed by atoms with Crippen molar-refractivity contribution in [2.24, 2.45) is 0 Å². The SMILES string of the molecule is CC(C)(C)OC(=O)N1CCCc2cc(C(F)(F)C(=O)O)ccc21. The van der Waals surface area contributed by atoms with Gasteiger partial charge >= 0.3 is 18.0 Å². The highest BCUT2D eigenvalue weighted by Gasteiger charge is 2.41. The number of fused-ring (bicyclic) bond motifs is 1. The molecule has 7 heteroatoms. The number of carboxylic acids is 1. The number of rotatable bonds is 2. The first kappa shape index (κ1) is 17.2. The summed E-state index contributed by atoms with van der Waals surface area (Å²) in [5, 5.41) is 8.63. The summed E-state index contributed by atoms with van der Waals surface area (Å²) in [5.74, 6) is -6.15. The Morgan fingerprint density at radius 3 is 2.48 bits per heavy atom. The quantitative estimate of drug-likeness (QED) is 0.902. The number of nitrogens with zero attached hydrogens (tertiary/aromatic N) is 1. The number of aryl methyl sites for hydroxylation is 1. The number of hydrogen-bond donors (Lipinski definition) is 1. The molecule has 0 saturated heterocycles. The monoisotopic (exact) mass is 327 g/mol. The van der Waals surface area contributed by atoms with Crippen LogP contribution < -0.4 is 4.90 Å². The van der Waals surface area contributed by atoms with E-state index in [-0.39, 0.29) is 0 Å². The van der Waals surface area contributed by atoms with E-state index >= 15 is 0 Å². The minimum absolute atomic E-state index is 0.427. The van der Waals surface area contributed by atoms with Crippen LogP contribution in [-0.2, 0) is 21.9 Å². The van der Waals surface area contributed by atoms with Crippen molar-refractivity contribution < 1.29 is 28.2 Å². The summed E-state index contributed by atoms with van der Waals surface area (Å²) in [6, 6.07) is 3.54. The van der Waals surface area contributed by atoms with E-state index in [9.17, 15) is 18.4 Å². The van der Waals surface area contributed by atoms with Crippen molar-refractivity contribution >= 4 is 17.7 Å². The van der Waals surface area contributed by atoms with Crippen molar-refractivity contribution in [1.82, 2.24) is 0 Å². The third-order valence-corrected chi connectivity index (χ3v) is 3.44. The van der Waals surface area contributed by atoms with E-state index in [2.05, 4.69) is 0 Å². The van der Waals surface area contributed by atoms with Crippen LogP contribution in [0.15, 0.2) is 18.2 Å². The maximum atomic E-state index is 13.6. The van der Waals surface area contributed by atoms with Gasteiger partial charge in [0.05, 0.1) is 5.69 Å². The molecular formula is C16H19F2NO4. The normalized spacial score (nSPS) is 15.1. The number of alkyl halides is 2. The lowest BCUT2D eigenvalue weighted by atomic mass is 9.97. The first-order chi connectivity index (χ1) is 10.5. The fourth-order valence-corrected chi connectivity index (χ4v) is 2.42. The first-order valence-electron chi connectivity index (χ1n) is 7.27. The Balaban J connectivity index is 2.34. The molecule has 1 heterocycles. The molecule has 1 aliphatic heterocycles.